The Bertz CT molecular complexity index is 373. The van der Waals surface area contributed by atoms with Crippen molar-refractivity contribution in [1.82, 2.24) is 0 Å². The summed E-state index contributed by atoms with van der Waals surface area (Å²) in [5, 5.41) is 0. The van der Waals surface area contributed by atoms with E-state index in [0.717, 1.165) is 29.9 Å². The van der Waals surface area contributed by atoms with E-state index >= 15 is 0 Å². The number of hydrogen-bond donors (Lipinski definition) is 1. The first kappa shape index (κ1) is 13.2. The maximum Gasteiger partial charge on any atom is 0.122 e. The molecule has 2 rings (SSSR count). The number of benzene rings is 1. The van der Waals surface area contributed by atoms with Crippen LogP contribution in [0.3, 0.4) is 0 Å². The molecule has 0 saturated heterocycles. The first-order chi connectivity index (χ1) is 8.68. The van der Waals surface area contributed by atoms with Crippen molar-refractivity contribution in [2.45, 2.75) is 44.1 Å². The Morgan fingerprint density at radius 3 is 1.83 bits per heavy atom. The van der Waals surface area contributed by atoms with Crippen LogP contribution >= 0.6 is 0 Å². The van der Waals surface area contributed by atoms with Crippen molar-refractivity contribution in [3.05, 3.63) is 23.8 Å². The highest BCUT2D eigenvalue weighted by atomic mass is 16.5. The summed E-state index contributed by atoms with van der Waals surface area (Å²) in [7, 11) is 3.35. The minimum atomic E-state index is -0.224. The molecule has 0 aromatic heterocycles. The highest BCUT2D eigenvalue weighted by Gasteiger charge is 2.29. The van der Waals surface area contributed by atoms with E-state index in [9.17, 15) is 0 Å². The second-order valence-corrected chi connectivity index (χ2v) is 5.17. The van der Waals surface area contributed by atoms with Crippen LogP contribution in [0.1, 0.15) is 44.1 Å². The van der Waals surface area contributed by atoms with Crippen LogP contribution in [0, 0.1) is 0 Å². The van der Waals surface area contributed by atoms with Gasteiger partial charge < -0.3 is 15.2 Å². The van der Waals surface area contributed by atoms with Crippen LogP contribution in [-0.2, 0) is 5.54 Å². The van der Waals surface area contributed by atoms with Crippen LogP contribution in [0.4, 0.5) is 0 Å². The van der Waals surface area contributed by atoms with Crippen LogP contribution in [0.5, 0.6) is 11.5 Å². The third-order valence-corrected chi connectivity index (χ3v) is 3.92. The van der Waals surface area contributed by atoms with Gasteiger partial charge in [0.1, 0.15) is 11.5 Å². The van der Waals surface area contributed by atoms with Gasteiger partial charge in [0.25, 0.3) is 0 Å². The highest BCUT2D eigenvalue weighted by molar-refractivity contribution is 5.41. The fraction of sp³-hybridized carbons (Fsp3) is 0.600. The summed E-state index contributed by atoms with van der Waals surface area (Å²) in [5.41, 5.74) is 7.53. The van der Waals surface area contributed by atoms with Gasteiger partial charge in [-0.3, -0.25) is 0 Å². The van der Waals surface area contributed by atoms with Gasteiger partial charge in [0.05, 0.1) is 14.2 Å². The zero-order valence-corrected chi connectivity index (χ0v) is 11.4. The fourth-order valence-electron chi connectivity index (χ4n) is 2.74. The van der Waals surface area contributed by atoms with Crippen molar-refractivity contribution >= 4 is 0 Å². The molecule has 0 radical (unpaired) electrons. The minimum absolute atomic E-state index is 0.224. The van der Waals surface area contributed by atoms with E-state index < -0.39 is 0 Å². The summed E-state index contributed by atoms with van der Waals surface area (Å²) in [6, 6.07) is 5.99. The van der Waals surface area contributed by atoms with Crippen LogP contribution in [-0.4, -0.2) is 14.2 Å². The molecular formula is C15H23NO2. The molecule has 2 N–H and O–H groups in total. The number of nitrogens with two attached hydrogens (primary N) is 1. The minimum Gasteiger partial charge on any atom is -0.497 e. The molecule has 100 valence electrons. The van der Waals surface area contributed by atoms with E-state index in [4.69, 9.17) is 15.2 Å². The molecule has 0 aliphatic heterocycles. The fourth-order valence-corrected chi connectivity index (χ4v) is 2.74. The molecule has 18 heavy (non-hydrogen) atoms. The van der Waals surface area contributed by atoms with E-state index in [0.29, 0.717) is 0 Å². The average molecular weight is 249 g/mol. The summed E-state index contributed by atoms with van der Waals surface area (Å²) in [6.07, 6.45) is 7.08. The second kappa shape index (κ2) is 5.61. The van der Waals surface area contributed by atoms with Gasteiger partial charge in [0, 0.05) is 11.6 Å². The van der Waals surface area contributed by atoms with Gasteiger partial charge in [0.15, 0.2) is 0 Å². The largest absolute Gasteiger partial charge is 0.497 e. The first-order valence-corrected chi connectivity index (χ1v) is 6.70. The quantitative estimate of drug-likeness (QED) is 0.837. The van der Waals surface area contributed by atoms with E-state index in [1.165, 1.54) is 25.7 Å². The lowest BCUT2D eigenvalue weighted by atomic mass is 9.84. The maximum absolute atomic E-state index is 6.62. The number of methoxy groups -OCH3 is 2. The Hall–Kier alpha value is -1.22. The summed E-state index contributed by atoms with van der Waals surface area (Å²) in [6.45, 7) is 0. The van der Waals surface area contributed by atoms with Gasteiger partial charge >= 0.3 is 0 Å². The summed E-state index contributed by atoms with van der Waals surface area (Å²) in [5.74, 6) is 1.64. The molecule has 3 heteroatoms. The molecule has 1 fully saturated rings. The highest BCUT2D eigenvalue weighted by Crippen LogP contribution is 2.37. The molecule has 0 spiro atoms. The molecule has 0 unspecified atom stereocenters. The normalized spacial score (nSPS) is 19.1. The van der Waals surface area contributed by atoms with E-state index in [-0.39, 0.29) is 5.54 Å². The molecule has 3 nitrogen and oxygen atoms in total. The molecule has 0 atom stereocenters. The summed E-state index contributed by atoms with van der Waals surface area (Å²) >= 11 is 0. The summed E-state index contributed by atoms with van der Waals surface area (Å²) in [4.78, 5) is 0. The van der Waals surface area contributed by atoms with Crippen LogP contribution < -0.4 is 15.2 Å². The summed E-state index contributed by atoms with van der Waals surface area (Å²) < 4.78 is 10.7. The molecular weight excluding hydrogens is 226 g/mol. The number of rotatable bonds is 3. The molecule has 1 aliphatic rings. The van der Waals surface area contributed by atoms with Crippen LogP contribution in [0.2, 0.25) is 0 Å². The lowest BCUT2D eigenvalue weighted by Gasteiger charge is -2.29. The predicted octanol–water partition coefficient (Wildman–Crippen LogP) is 3.21. The van der Waals surface area contributed by atoms with Crippen LogP contribution in [0.15, 0.2) is 18.2 Å². The van der Waals surface area contributed by atoms with Crippen molar-refractivity contribution < 1.29 is 9.47 Å². The van der Waals surface area contributed by atoms with Crippen molar-refractivity contribution in [2.75, 3.05) is 14.2 Å². The van der Waals surface area contributed by atoms with Gasteiger partial charge in [0.2, 0.25) is 0 Å². The van der Waals surface area contributed by atoms with E-state index in [1.54, 1.807) is 14.2 Å². The third kappa shape index (κ3) is 2.78. The molecule has 0 amide bonds. The monoisotopic (exact) mass is 249 g/mol. The Kier molecular flexibility index (Phi) is 4.12. The van der Waals surface area contributed by atoms with Crippen molar-refractivity contribution in [3.63, 3.8) is 0 Å². The standard InChI is InChI=1S/C15H23NO2/c1-17-13-9-12(10-14(11-13)18-2)15(16)7-5-3-4-6-8-15/h9-11H,3-8,16H2,1-2H3. The topological polar surface area (TPSA) is 44.5 Å². The lowest BCUT2D eigenvalue weighted by Crippen LogP contribution is -2.36. The van der Waals surface area contributed by atoms with Gasteiger partial charge in [-0.25, -0.2) is 0 Å². The number of ether oxygens (including phenoxy) is 2. The Morgan fingerprint density at radius 2 is 1.39 bits per heavy atom. The van der Waals surface area contributed by atoms with Crippen molar-refractivity contribution in [3.8, 4) is 11.5 Å². The van der Waals surface area contributed by atoms with E-state index in [2.05, 4.69) is 0 Å². The van der Waals surface area contributed by atoms with Gasteiger partial charge in [-0.1, -0.05) is 25.7 Å². The smallest absolute Gasteiger partial charge is 0.122 e. The molecule has 0 heterocycles. The van der Waals surface area contributed by atoms with Gasteiger partial charge in [-0.05, 0) is 30.5 Å². The van der Waals surface area contributed by atoms with E-state index in [1.807, 2.05) is 18.2 Å². The predicted molar refractivity (Wildman–Crippen MR) is 73.1 cm³/mol. The molecule has 1 aromatic rings. The van der Waals surface area contributed by atoms with Gasteiger partial charge in [-0.15, -0.1) is 0 Å². The Labute approximate surface area is 109 Å². The molecule has 1 aliphatic carbocycles. The zero-order chi connectivity index (χ0) is 13.0. The lowest BCUT2D eigenvalue weighted by molar-refractivity contribution is 0.367. The van der Waals surface area contributed by atoms with Crippen LogP contribution in [0.25, 0.3) is 0 Å². The van der Waals surface area contributed by atoms with Crippen molar-refractivity contribution in [2.24, 2.45) is 5.73 Å². The first-order valence-electron chi connectivity index (χ1n) is 6.70. The number of hydrogen-bond acceptors (Lipinski definition) is 3. The Balaban J connectivity index is 2.35. The molecule has 1 saturated carbocycles. The van der Waals surface area contributed by atoms with Gasteiger partial charge in [-0.2, -0.15) is 0 Å². The zero-order valence-electron chi connectivity index (χ0n) is 11.4. The van der Waals surface area contributed by atoms with Crippen molar-refractivity contribution in [1.29, 1.82) is 0 Å². The second-order valence-electron chi connectivity index (χ2n) is 5.17. The third-order valence-electron chi connectivity index (χ3n) is 3.92. The average Bonchev–Trinajstić information content (AvgIpc) is 2.64. The SMILES string of the molecule is COc1cc(OC)cc(C2(N)CCCCCC2)c1. The molecule has 0 bridgehead atoms. The maximum atomic E-state index is 6.62. The Morgan fingerprint density at radius 1 is 0.889 bits per heavy atom. The molecule has 1 aromatic carbocycles.